The molecule has 0 heterocycles. The van der Waals surface area contributed by atoms with E-state index < -0.39 is 0 Å². The second-order valence-electron chi connectivity index (χ2n) is 6.29. The third-order valence-corrected chi connectivity index (χ3v) is 5.14. The molecule has 3 aromatic carbocycles. The van der Waals surface area contributed by atoms with Crippen molar-refractivity contribution in [1.82, 2.24) is 5.32 Å². The lowest BCUT2D eigenvalue weighted by Crippen LogP contribution is -2.18. The van der Waals surface area contributed by atoms with Gasteiger partial charge in [-0.2, -0.15) is 0 Å². The second-order valence-corrected chi connectivity index (χ2v) is 7.57. The minimum Gasteiger partial charge on any atom is -0.489 e. The van der Waals surface area contributed by atoms with E-state index in [-0.39, 0.29) is 18.4 Å². The summed E-state index contributed by atoms with van der Waals surface area (Å²) >= 11 is 18.4. The Balaban J connectivity index is 0.00000280. The summed E-state index contributed by atoms with van der Waals surface area (Å²) in [5.41, 5.74) is 3.11. The number of halogens is 4. The first-order chi connectivity index (χ1) is 13.0. The Bertz CT molecular complexity index is 902. The van der Waals surface area contributed by atoms with Gasteiger partial charge in [0.2, 0.25) is 0 Å². The molecule has 0 bridgehead atoms. The standard InChI is InChI=1S/C22H20Cl3NO.ClH/c1-15(16-5-3-2-4-6-16)26-13-18-11-19(23)9-10-22(18)27-14-17-7-8-20(24)12-21(17)25;/h2-12,15,26H,13-14H2,1H3;1H. The maximum Gasteiger partial charge on any atom is 0.124 e. The number of hydrogen-bond acceptors (Lipinski definition) is 2. The third-order valence-electron chi connectivity index (χ3n) is 4.32. The molecule has 0 radical (unpaired) electrons. The van der Waals surface area contributed by atoms with Gasteiger partial charge in [0.15, 0.2) is 0 Å². The summed E-state index contributed by atoms with van der Waals surface area (Å²) in [6.07, 6.45) is 0. The van der Waals surface area contributed by atoms with Crippen molar-refractivity contribution in [1.29, 1.82) is 0 Å². The molecule has 28 heavy (non-hydrogen) atoms. The second kappa shape index (κ2) is 10.9. The van der Waals surface area contributed by atoms with Crippen LogP contribution in [0.3, 0.4) is 0 Å². The molecular formula is C22H21Cl4NO. The first kappa shape index (κ1) is 22.9. The third kappa shape index (κ3) is 6.30. The fourth-order valence-corrected chi connectivity index (χ4v) is 3.40. The van der Waals surface area contributed by atoms with Gasteiger partial charge in [0, 0.05) is 38.8 Å². The van der Waals surface area contributed by atoms with Crippen LogP contribution in [0.4, 0.5) is 0 Å². The van der Waals surface area contributed by atoms with Crippen molar-refractivity contribution in [3.63, 3.8) is 0 Å². The average Bonchev–Trinajstić information content (AvgIpc) is 2.67. The first-order valence-electron chi connectivity index (χ1n) is 8.66. The Hall–Kier alpha value is -1.42. The van der Waals surface area contributed by atoms with Crippen molar-refractivity contribution in [3.8, 4) is 5.75 Å². The van der Waals surface area contributed by atoms with E-state index in [1.54, 1.807) is 12.1 Å². The van der Waals surface area contributed by atoms with Crippen LogP contribution in [0, 0.1) is 0 Å². The maximum absolute atomic E-state index is 6.23. The van der Waals surface area contributed by atoms with Crippen molar-refractivity contribution in [2.45, 2.75) is 26.1 Å². The minimum absolute atomic E-state index is 0. The molecule has 0 aliphatic rings. The lowest BCUT2D eigenvalue weighted by Gasteiger charge is -2.17. The Morgan fingerprint density at radius 3 is 2.25 bits per heavy atom. The molecule has 148 valence electrons. The van der Waals surface area contributed by atoms with Crippen LogP contribution in [0.15, 0.2) is 66.7 Å². The van der Waals surface area contributed by atoms with Crippen molar-refractivity contribution >= 4 is 47.2 Å². The molecule has 0 spiro atoms. The van der Waals surface area contributed by atoms with E-state index in [0.29, 0.717) is 28.2 Å². The topological polar surface area (TPSA) is 21.3 Å². The van der Waals surface area contributed by atoms with Gasteiger partial charge in [0.25, 0.3) is 0 Å². The average molecular weight is 457 g/mol. The molecule has 6 heteroatoms. The molecule has 1 N–H and O–H groups in total. The van der Waals surface area contributed by atoms with Crippen LogP contribution in [0.2, 0.25) is 15.1 Å². The Morgan fingerprint density at radius 1 is 0.857 bits per heavy atom. The molecule has 1 atom stereocenters. The van der Waals surface area contributed by atoms with Gasteiger partial charge in [-0.3, -0.25) is 0 Å². The van der Waals surface area contributed by atoms with Gasteiger partial charge < -0.3 is 10.1 Å². The summed E-state index contributed by atoms with van der Waals surface area (Å²) in [6.45, 7) is 3.13. The first-order valence-corrected chi connectivity index (χ1v) is 9.80. The maximum atomic E-state index is 6.23. The fourth-order valence-electron chi connectivity index (χ4n) is 2.74. The molecule has 3 aromatic rings. The highest BCUT2D eigenvalue weighted by atomic mass is 35.5. The van der Waals surface area contributed by atoms with Crippen LogP contribution in [-0.2, 0) is 13.2 Å². The summed E-state index contributed by atoms with van der Waals surface area (Å²) in [4.78, 5) is 0. The van der Waals surface area contributed by atoms with E-state index in [9.17, 15) is 0 Å². The number of nitrogens with one attached hydrogen (secondary N) is 1. The zero-order valence-corrected chi connectivity index (χ0v) is 18.4. The van der Waals surface area contributed by atoms with Crippen LogP contribution in [-0.4, -0.2) is 0 Å². The molecule has 0 aliphatic heterocycles. The van der Waals surface area contributed by atoms with Crippen molar-refractivity contribution in [2.24, 2.45) is 0 Å². The monoisotopic (exact) mass is 455 g/mol. The minimum atomic E-state index is 0. The summed E-state index contributed by atoms with van der Waals surface area (Å²) in [5.74, 6) is 0.776. The summed E-state index contributed by atoms with van der Waals surface area (Å²) in [7, 11) is 0. The van der Waals surface area contributed by atoms with Crippen LogP contribution in [0.5, 0.6) is 5.75 Å². The molecule has 0 amide bonds. The molecular weight excluding hydrogens is 436 g/mol. The van der Waals surface area contributed by atoms with Gasteiger partial charge in [-0.25, -0.2) is 0 Å². The highest BCUT2D eigenvalue weighted by Crippen LogP contribution is 2.27. The zero-order valence-electron chi connectivity index (χ0n) is 15.3. The molecule has 0 saturated heterocycles. The molecule has 1 unspecified atom stereocenters. The van der Waals surface area contributed by atoms with Gasteiger partial charge in [-0.05, 0) is 42.8 Å². The highest BCUT2D eigenvalue weighted by Gasteiger charge is 2.10. The SMILES string of the molecule is CC(NCc1cc(Cl)ccc1OCc1ccc(Cl)cc1Cl)c1ccccc1.Cl. The van der Waals surface area contributed by atoms with Gasteiger partial charge in [0.1, 0.15) is 12.4 Å². The summed E-state index contributed by atoms with van der Waals surface area (Å²) < 4.78 is 6.01. The lowest BCUT2D eigenvalue weighted by molar-refractivity contribution is 0.302. The van der Waals surface area contributed by atoms with E-state index in [4.69, 9.17) is 39.5 Å². The van der Waals surface area contributed by atoms with Crippen LogP contribution < -0.4 is 10.1 Å². The van der Waals surface area contributed by atoms with Crippen LogP contribution in [0.25, 0.3) is 0 Å². The Morgan fingerprint density at radius 2 is 1.54 bits per heavy atom. The Labute approximate surface area is 187 Å². The molecule has 2 nitrogen and oxygen atoms in total. The summed E-state index contributed by atoms with van der Waals surface area (Å²) in [5, 5.41) is 5.39. The number of benzene rings is 3. The quantitative estimate of drug-likeness (QED) is 0.397. The number of ether oxygens (including phenoxy) is 1. The smallest absolute Gasteiger partial charge is 0.124 e. The van der Waals surface area contributed by atoms with Crippen molar-refractivity contribution < 1.29 is 4.74 Å². The number of hydrogen-bond donors (Lipinski definition) is 1. The molecule has 0 aromatic heterocycles. The van der Waals surface area contributed by atoms with Gasteiger partial charge in [-0.1, -0.05) is 71.2 Å². The fraction of sp³-hybridized carbons (Fsp3) is 0.182. The van der Waals surface area contributed by atoms with E-state index in [1.165, 1.54) is 5.56 Å². The molecule has 0 aliphatic carbocycles. The van der Waals surface area contributed by atoms with Crippen LogP contribution in [0.1, 0.15) is 29.7 Å². The number of rotatable bonds is 7. The zero-order chi connectivity index (χ0) is 19.2. The van der Waals surface area contributed by atoms with E-state index >= 15 is 0 Å². The van der Waals surface area contributed by atoms with Crippen LogP contribution >= 0.6 is 47.2 Å². The van der Waals surface area contributed by atoms with Crippen molar-refractivity contribution in [3.05, 3.63) is 98.5 Å². The van der Waals surface area contributed by atoms with E-state index in [0.717, 1.165) is 16.9 Å². The van der Waals surface area contributed by atoms with Crippen molar-refractivity contribution in [2.75, 3.05) is 0 Å². The predicted molar refractivity (Wildman–Crippen MR) is 121 cm³/mol. The van der Waals surface area contributed by atoms with E-state index in [1.807, 2.05) is 42.5 Å². The Kier molecular flexibility index (Phi) is 8.94. The normalized spacial score (nSPS) is 11.6. The van der Waals surface area contributed by atoms with Gasteiger partial charge >= 0.3 is 0 Å². The largest absolute Gasteiger partial charge is 0.489 e. The lowest BCUT2D eigenvalue weighted by atomic mass is 10.1. The molecule has 0 fully saturated rings. The highest BCUT2D eigenvalue weighted by molar-refractivity contribution is 6.35. The van der Waals surface area contributed by atoms with Gasteiger partial charge in [-0.15, -0.1) is 12.4 Å². The molecule has 3 rings (SSSR count). The summed E-state index contributed by atoms with van der Waals surface area (Å²) in [6, 6.07) is 21.5. The predicted octanol–water partition coefficient (Wildman–Crippen LogP) is 7.50. The van der Waals surface area contributed by atoms with E-state index in [2.05, 4.69) is 24.4 Å². The molecule has 0 saturated carbocycles. The van der Waals surface area contributed by atoms with Gasteiger partial charge in [0.05, 0.1) is 0 Å².